The van der Waals surface area contributed by atoms with E-state index < -0.39 is 138 Å². The van der Waals surface area contributed by atoms with Gasteiger partial charge in [-0.25, -0.2) is 9.78 Å². The minimum atomic E-state index is -1.72. The standard InChI is InChI=1S/C52H78N12O13S/c1-6-28(3)40(51(75)64-21-13-18-39(64)50(74)63-20-12-17-38(63)48(72)61-41(52(76)77)29(4)7-2)60-46(70)36(25-65)58-44(68)34(22-31-14-9-8-10-15-31)57-49(73)42(30(5)66)62-47(71)37(26-78)59-45(69)35(23-32-24-53-27-55-32)56-43(67)33-16-11-19-54-33/h8-10,14-15,24,27-30,33-42,54,65-66,78H,6-7,11-13,16-23,25-26H2,1-5H3,(H,53,55)(H,56,67)(H,57,73)(H,58,68)(H,59,69)(H,60,70)(H,61,72)(H,62,71)(H,76,77)/t28-,29-,30+,33-,34-,35-,36-,37-,38-,39-,40-,41-,42-/m0/s1. The highest BCUT2D eigenvalue weighted by atomic mass is 32.1. The van der Waals surface area contributed by atoms with Gasteiger partial charge in [-0.2, -0.15) is 12.6 Å². The first-order valence-electron chi connectivity index (χ1n) is 26.8. The Morgan fingerprint density at radius 2 is 1.24 bits per heavy atom. The van der Waals surface area contributed by atoms with Crippen LogP contribution in [0.5, 0.6) is 0 Å². The molecular formula is C52H78N12O13S. The lowest BCUT2D eigenvalue weighted by atomic mass is 9.96. The van der Waals surface area contributed by atoms with Gasteiger partial charge in [-0.05, 0) is 69.4 Å². The zero-order chi connectivity index (χ0) is 57.2. The number of nitrogens with zero attached hydrogens (tertiary/aromatic N) is 3. The molecule has 1 aromatic heterocycles. The van der Waals surface area contributed by atoms with Crippen molar-refractivity contribution >= 4 is 71.8 Å². The van der Waals surface area contributed by atoms with E-state index in [0.29, 0.717) is 56.3 Å². The fraction of sp³-hybridized carbons (Fsp3) is 0.635. The first-order chi connectivity index (χ1) is 37.2. The molecule has 26 heteroatoms. The molecule has 430 valence electrons. The van der Waals surface area contributed by atoms with Crippen LogP contribution in [0.25, 0.3) is 0 Å². The summed E-state index contributed by atoms with van der Waals surface area (Å²) in [5, 5.41) is 52.3. The first-order valence-corrected chi connectivity index (χ1v) is 27.5. The van der Waals surface area contributed by atoms with E-state index in [0.717, 1.165) is 6.42 Å². The number of aliphatic hydroxyl groups excluding tert-OH is 2. The number of thiol groups is 1. The number of rotatable bonds is 28. The van der Waals surface area contributed by atoms with Gasteiger partial charge in [-0.15, -0.1) is 0 Å². The molecule has 0 unspecified atom stereocenters. The van der Waals surface area contributed by atoms with Crippen LogP contribution in [0.1, 0.15) is 97.2 Å². The molecular weight excluding hydrogens is 1030 g/mol. The molecule has 0 spiro atoms. The minimum Gasteiger partial charge on any atom is -0.480 e. The maximum absolute atomic E-state index is 14.5. The van der Waals surface area contributed by atoms with Crippen LogP contribution >= 0.6 is 12.6 Å². The van der Waals surface area contributed by atoms with E-state index in [1.165, 1.54) is 29.2 Å². The number of hydrogen-bond acceptors (Lipinski definition) is 15. The molecule has 5 rings (SSSR count). The Kier molecular flexibility index (Phi) is 23.9. The monoisotopic (exact) mass is 1110 g/mol. The largest absolute Gasteiger partial charge is 0.480 e. The van der Waals surface area contributed by atoms with Crippen molar-refractivity contribution < 1.29 is 63.3 Å². The van der Waals surface area contributed by atoms with Crippen molar-refractivity contribution in [2.24, 2.45) is 11.8 Å². The Morgan fingerprint density at radius 3 is 1.82 bits per heavy atom. The van der Waals surface area contributed by atoms with Gasteiger partial charge in [0.2, 0.25) is 53.2 Å². The molecule has 0 saturated carbocycles. The van der Waals surface area contributed by atoms with Gasteiger partial charge in [0.05, 0.1) is 25.1 Å². The van der Waals surface area contributed by atoms with Crippen LogP contribution in [0.4, 0.5) is 0 Å². The molecule has 4 heterocycles. The van der Waals surface area contributed by atoms with Crippen LogP contribution in [-0.4, -0.2) is 193 Å². The number of aromatic nitrogens is 2. The van der Waals surface area contributed by atoms with Gasteiger partial charge in [0.1, 0.15) is 54.4 Å². The predicted molar refractivity (Wildman–Crippen MR) is 286 cm³/mol. The summed E-state index contributed by atoms with van der Waals surface area (Å²) in [7, 11) is 0. The van der Waals surface area contributed by atoms with E-state index in [2.05, 4.69) is 65.1 Å². The van der Waals surface area contributed by atoms with Crippen molar-refractivity contribution in [3.8, 4) is 0 Å². The molecule has 2 aromatic rings. The number of carboxylic acids is 1. The molecule has 13 atom stereocenters. The van der Waals surface area contributed by atoms with Crippen molar-refractivity contribution in [1.29, 1.82) is 0 Å². The molecule has 0 bridgehead atoms. The Balaban J connectivity index is 1.27. The summed E-state index contributed by atoms with van der Waals surface area (Å²) in [6.45, 7) is 8.28. The average Bonchev–Trinajstić information content (AvgIpc) is 4.30. The van der Waals surface area contributed by atoms with Crippen molar-refractivity contribution in [3.63, 3.8) is 0 Å². The fourth-order valence-corrected chi connectivity index (χ4v) is 10.0. The molecule has 9 amide bonds. The molecule has 3 aliphatic rings. The Hall–Kier alpha value is -6.64. The Bertz CT molecular complexity index is 2390. The lowest BCUT2D eigenvalue weighted by molar-refractivity contribution is -0.149. The number of amides is 9. The molecule has 0 aliphatic carbocycles. The van der Waals surface area contributed by atoms with Crippen LogP contribution in [-0.2, 0) is 60.8 Å². The van der Waals surface area contributed by atoms with Crippen LogP contribution in [0.3, 0.4) is 0 Å². The van der Waals surface area contributed by atoms with Crippen LogP contribution in [0, 0.1) is 11.8 Å². The number of aliphatic carboxylic acids is 1. The summed E-state index contributed by atoms with van der Waals surface area (Å²) in [6.07, 6.45) is 4.83. The van der Waals surface area contributed by atoms with Crippen molar-refractivity contribution in [2.75, 3.05) is 32.0 Å². The number of carbonyl (C=O) groups excluding carboxylic acids is 9. The highest BCUT2D eigenvalue weighted by molar-refractivity contribution is 7.80. The summed E-state index contributed by atoms with van der Waals surface area (Å²) in [4.78, 5) is 147. The number of likely N-dealkylation sites (tertiary alicyclic amines) is 2. The number of imidazole rings is 1. The maximum Gasteiger partial charge on any atom is 0.326 e. The lowest BCUT2D eigenvalue weighted by Crippen LogP contribution is -2.63. The van der Waals surface area contributed by atoms with Gasteiger partial charge in [0, 0.05) is 43.6 Å². The maximum atomic E-state index is 14.5. The van der Waals surface area contributed by atoms with E-state index in [4.69, 9.17) is 0 Å². The average molecular weight is 1110 g/mol. The molecule has 3 saturated heterocycles. The second-order valence-electron chi connectivity index (χ2n) is 20.4. The van der Waals surface area contributed by atoms with E-state index in [9.17, 15) is 63.3 Å². The lowest BCUT2D eigenvalue weighted by Gasteiger charge is -2.35. The van der Waals surface area contributed by atoms with E-state index in [1.54, 1.807) is 58.0 Å². The SMILES string of the molecule is CC[C@H](C)[C@H](NC(=O)[C@@H]1CCCN1C(=O)[C@@H]1CCCN1C(=O)[C@@H](NC(=O)[C@H](CO)NC(=O)[C@H](Cc1ccccc1)NC(=O)[C@@H](NC(=O)[C@H](CS)NC(=O)[C@H](Cc1cnc[nH]1)NC(=O)[C@@H]1CCCN1)[C@@H](C)O)[C@@H](C)CC)C(=O)O. The van der Waals surface area contributed by atoms with E-state index >= 15 is 0 Å². The van der Waals surface area contributed by atoms with Gasteiger partial charge in [-0.3, -0.25) is 43.2 Å². The van der Waals surface area contributed by atoms with Crippen LogP contribution in [0.2, 0.25) is 0 Å². The molecule has 12 N–H and O–H groups in total. The molecule has 3 fully saturated rings. The van der Waals surface area contributed by atoms with Gasteiger partial charge in [0.15, 0.2) is 0 Å². The molecule has 1 aromatic carbocycles. The van der Waals surface area contributed by atoms with Crippen LogP contribution in [0.15, 0.2) is 42.9 Å². The molecule has 25 nitrogen and oxygen atoms in total. The summed E-state index contributed by atoms with van der Waals surface area (Å²) < 4.78 is 0. The van der Waals surface area contributed by atoms with Crippen molar-refractivity contribution in [3.05, 3.63) is 54.1 Å². The second-order valence-corrected chi connectivity index (χ2v) is 20.8. The summed E-state index contributed by atoms with van der Waals surface area (Å²) in [5.41, 5.74) is 1.07. The van der Waals surface area contributed by atoms with Gasteiger partial charge in [0.25, 0.3) is 0 Å². The third-order valence-electron chi connectivity index (χ3n) is 14.8. The molecule has 3 aliphatic heterocycles. The second kappa shape index (κ2) is 29.9. The number of carboxylic acid groups (broad SMARTS) is 1. The summed E-state index contributed by atoms with van der Waals surface area (Å²) in [5.74, 6) is -9.10. The number of aromatic amines is 1. The third kappa shape index (κ3) is 16.7. The Labute approximate surface area is 459 Å². The first kappa shape index (κ1) is 62.2. The van der Waals surface area contributed by atoms with E-state index in [1.807, 2.05) is 0 Å². The van der Waals surface area contributed by atoms with Crippen molar-refractivity contribution in [2.45, 2.75) is 165 Å². The normalized spacial score (nSPS) is 21.0. The zero-order valence-corrected chi connectivity index (χ0v) is 45.8. The highest BCUT2D eigenvalue weighted by Crippen LogP contribution is 2.27. The highest BCUT2D eigenvalue weighted by Gasteiger charge is 2.45. The number of carbonyl (C=O) groups is 10. The van der Waals surface area contributed by atoms with Gasteiger partial charge < -0.3 is 72.6 Å². The molecule has 78 heavy (non-hydrogen) atoms. The van der Waals surface area contributed by atoms with E-state index in [-0.39, 0.29) is 44.0 Å². The number of H-pyrrole nitrogens is 1. The summed E-state index contributed by atoms with van der Waals surface area (Å²) in [6, 6.07) is -3.85. The number of aliphatic hydroxyl groups is 2. The minimum absolute atomic E-state index is 0.00597. The predicted octanol–water partition coefficient (Wildman–Crippen LogP) is -2.20. The topological polar surface area (TPSA) is 363 Å². The third-order valence-corrected chi connectivity index (χ3v) is 15.2. The quantitative estimate of drug-likeness (QED) is 0.0403. The van der Waals surface area contributed by atoms with Crippen LogP contribution < -0.4 is 42.5 Å². The summed E-state index contributed by atoms with van der Waals surface area (Å²) >= 11 is 4.26. The molecule has 0 radical (unpaired) electrons. The van der Waals surface area contributed by atoms with Gasteiger partial charge in [-0.1, -0.05) is 70.9 Å². The smallest absolute Gasteiger partial charge is 0.326 e. The number of benzene rings is 1. The number of hydrogen-bond donors (Lipinski definition) is 13. The number of nitrogens with one attached hydrogen (secondary N) is 9. The van der Waals surface area contributed by atoms with Gasteiger partial charge >= 0.3 is 5.97 Å². The fourth-order valence-electron chi connectivity index (χ4n) is 9.75. The Morgan fingerprint density at radius 1 is 0.667 bits per heavy atom. The zero-order valence-electron chi connectivity index (χ0n) is 44.9. The van der Waals surface area contributed by atoms with Crippen molar-refractivity contribution in [1.82, 2.24) is 62.3 Å².